The highest BCUT2D eigenvalue weighted by Crippen LogP contribution is 2.45. The lowest BCUT2D eigenvalue weighted by molar-refractivity contribution is -0.0516. The van der Waals surface area contributed by atoms with E-state index < -0.39 is 15.0 Å². The molecule has 1 fully saturated rings. The predicted molar refractivity (Wildman–Crippen MR) is 120 cm³/mol. The zero-order valence-electron chi connectivity index (χ0n) is 17.3. The summed E-state index contributed by atoms with van der Waals surface area (Å²) >= 11 is 1.65. The van der Waals surface area contributed by atoms with Crippen LogP contribution in [0.4, 0.5) is 13.2 Å². The Bertz CT molecular complexity index is 1000. The van der Waals surface area contributed by atoms with Crippen LogP contribution in [0.15, 0.2) is 36.5 Å². The highest BCUT2D eigenvalue weighted by Gasteiger charge is 2.44. The first kappa shape index (κ1) is 23.5. The summed E-state index contributed by atoms with van der Waals surface area (Å²) in [6, 6.07) is 10.2. The van der Waals surface area contributed by atoms with Crippen LogP contribution in [0.25, 0.3) is 0 Å². The maximum Gasteiger partial charge on any atom is 0.251 e. The number of carbonyl (C=O) groups is 1. The molecule has 0 aliphatic heterocycles. The number of pyridine rings is 1. The quantitative estimate of drug-likeness (QED) is 0.390. The number of amides is 1. The van der Waals surface area contributed by atoms with Gasteiger partial charge in [0, 0.05) is 36.6 Å². The number of aromatic nitrogens is 1. The number of alkyl halides is 4. The lowest BCUT2D eigenvalue weighted by Gasteiger charge is -2.40. The number of hydrogen-bond acceptors (Lipinski definition) is 3. The number of nitriles is 1. The molecule has 1 atom stereocenters. The Morgan fingerprint density at radius 1 is 1.26 bits per heavy atom. The zero-order valence-corrected chi connectivity index (χ0v) is 19.5. The SMILES string of the molecule is Cc1c(C#N)cccc1C(=O)NCC1(c2ccc(C(C)(F)I)nc2)CCC(F)(F)CC1. The van der Waals surface area contributed by atoms with Gasteiger partial charge in [0.2, 0.25) is 5.92 Å². The third kappa shape index (κ3) is 5.20. The Morgan fingerprint density at radius 2 is 1.94 bits per heavy atom. The van der Waals surface area contributed by atoms with E-state index in [-0.39, 0.29) is 43.8 Å². The predicted octanol–water partition coefficient (Wildman–Crippen LogP) is 5.72. The molecule has 0 saturated heterocycles. The van der Waals surface area contributed by atoms with Crippen LogP contribution in [-0.2, 0) is 9.09 Å². The van der Waals surface area contributed by atoms with Gasteiger partial charge in [-0.15, -0.1) is 0 Å². The molecule has 31 heavy (non-hydrogen) atoms. The zero-order chi connectivity index (χ0) is 22.9. The van der Waals surface area contributed by atoms with Gasteiger partial charge in [0.25, 0.3) is 5.91 Å². The van der Waals surface area contributed by atoms with Crippen molar-refractivity contribution in [1.29, 1.82) is 5.26 Å². The molecular formula is C23H23F3IN3O. The average molecular weight is 541 g/mol. The Balaban J connectivity index is 1.87. The van der Waals surface area contributed by atoms with Gasteiger partial charge in [0.05, 0.1) is 17.3 Å². The summed E-state index contributed by atoms with van der Waals surface area (Å²) < 4.78 is 40.3. The average Bonchev–Trinajstić information content (AvgIpc) is 2.73. The second kappa shape index (κ2) is 8.77. The minimum Gasteiger partial charge on any atom is -0.351 e. The molecule has 2 aromatic rings. The first-order chi connectivity index (χ1) is 14.5. The van der Waals surface area contributed by atoms with Crippen LogP contribution in [-0.4, -0.2) is 23.4 Å². The van der Waals surface area contributed by atoms with Crippen molar-refractivity contribution in [3.63, 3.8) is 0 Å². The number of nitrogens with zero attached hydrogens (tertiary/aromatic N) is 2. The Labute approximate surface area is 193 Å². The monoisotopic (exact) mass is 541 g/mol. The summed E-state index contributed by atoms with van der Waals surface area (Å²) in [7, 11) is 0. The fraction of sp³-hybridized carbons (Fsp3) is 0.435. The molecule has 3 rings (SSSR count). The van der Waals surface area contributed by atoms with Crippen molar-refractivity contribution < 1.29 is 18.0 Å². The number of hydrogen-bond donors (Lipinski definition) is 1. The van der Waals surface area contributed by atoms with Gasteiger partial charge < -0.3 is 5.32 Å². The van der Waals surface area contributed by atoms with Crippen molar-refractivity contribution in [3.8, 4) is 6.07 Å². The summed E-state index contributed by atoms with van der Waals surface area (Å²) in [5, 5.41) is 12.1. The Hall–Kier alpha value is -2.15. The molecule has 0 spiro atoms. The molecule has 1 aliphatic rings. The number of benzene rings is 1. The largest absolute Gasteiger partial charge is 0.351 e. The van der Waals surface area contributed by atoms with Crippen molar-refractivity contribution in [2.24, 2.45) is 0 Å². The van der Waals surface area contributed by atoms with Gasteiger partial charge in [-0.2, -0.15) is 5.26 Å². The molecule has 4 nitrogen and oxygen atoms in total. The Kier molecular flexibility index (Phi) is 6.65. The van der Waals surface area contributed by atoms with Crippen LogP contribution in [0.2, 0.25) is 0 Å². The second-order valence-electron chi connectivity index (χ2n) is 8.23. The van der Waals surface area contributed by atoms with Gasteiger partial charge in [-0.3, -0.25) is 9.78 Å². The first-order valence-electron chi connectivity index (χ1n) is 9.98. The molecule has 0 radical (unpaired) electrons. The van der Waals surface area contributed by atoms with E-state index in [1.165, 1.54) is 13.1 Å². The topological polar surface area (TPSA) is 65.8 Å². The van der Waals surface area contributed by atoms with E-state index in [0.29, 0.717) is 22.3 Å². The standard InChI is InChI=1S/C23H23F3IN3O/c1-15-16(12-28)4-3-5-18(15)20(31)30-14-22(8-10-23(25,26)11-9-22)17-6-7-19(29-13-17)21(2,24)27/h3-7,13H,8-11,14H2,1-2H3,(H,30,31). The molecule has 1 amide bonds. The van der Waals surface area contributed by atoms with Crippen LogP contribution in [0.3, 0.4) is 0 Å². The van der Waals surface area contributed by atoms with Gasteiger partial charge in [-0.25, -0.2) is 13.2 Å². The Morgan fingerprint density at radius 3 is 2.48 bits per heavy atom. The number of nitrogens with one attached hydrogen (secondary N) is 1. The smallest absolute Gasteiger partial charge is 0.251 e. The van der Waals surface area contributed by atoms with Crippen molar-refractivity contribution >= 4 is 28.5 Å². The van der Waals surface area contributed by atoms with Crippen LogP contribution in [0, 0.1) is 18.3 Å². The minimum atomic E-state index is -2.74. The third-order valence-corrected chi connectivity index (χ3v) is 6.60. The molecule has 1 N–H and O–H groups in total. The third-order valence-electron chi connectivity index (χ3n) is 6.05. The van der Waals surface area contributed by atoms with E-state index in [4.69, 9.17) is 0 Å². The van der Waals surface area contributed by atoms with E-state index in [0.717, 1.165) is 0 Å². The molecular weight excluding hydrogens is 518 g/mol. The molecule has 1 aromatic carbocycles. The van der Waals surface area contributed by atoms with Gasteiger partial charge in [0.1, 0.15) is 0 Å². The van der Waals surface area contributed by atoms with Gasteiger partial charge in [-0.1, -0.05) is 12.1 Å². The van der Waals surface area contributed by atoms with Crippen LogP contribution < -0.4 is 5.32 Å². The normalized spacial score (nSPS) is 19.1. The highest BCUT2D eigenvalue weighted by molar-refractivity contribution is 14.1. The van der Waals surface area contributed by atoms with Crippen molar-refractivity contribution in [1.82, 2.24) is 10.3 Å². The highest BCUT2D eigenvalue weighted by atomic mass is 127. The van der Waals surface area contributed by atoms with Crippen LogP contribution >= 0.6 is 22.6 Å². The molecule has 1 saturated carbocycles. The summed E-state index contributed by atoms with van der Waals surface area (Å²) in [6.45, 7) is 3.24. The molecule has 1 unspecified atom stereocenters. The first-order valence-corrected chi connectivity index (χ1v) is 11.1. The lowest BCUT2D eigenvalue weighted by Crippen LogP contribution is -2.45. The van der Waals surface area contributed by atoms with Gasteiger partial charge in [0.15, 0.2) is 3.68 Å². The van der Waals surface area contributed by atoms with Crippen molar-refractivity contribution in [2.75, 3.05) is 6.54 Å². The van der Waals surface area contributed by atoms with E-state index >= 15 is 0 Å². The van der Waals surface area contributed by atoms with Gasteiger partial charge in [-0.05, 0) is 78.6 Å². The van der Waals surface area contributed by atoms with Crippen molar-refractivity contribution in [2.45, 2.75) is 54.5 Å². The molecule has 164 valence electrons. The number of rotatable bonds is 5. The summed E-state index contributed by atoms with van der Waals surface area (Å²) in [5.74, 6) is -3.10. The fourth-order valence-corrected chi connectivity index (χ4v) is 4.30. The van der Waals surface area contributed by atoms with E-state index in [1.54, 1.807) is 59.8 Å². The minimum absolute atomic E-state index is 0.149. The molecule has 1 aliphatic carbocycles. The number of carbonyl (C=O) groups excluding carboxylic acids is 1. The summed E-state index contributed by atoms with van der Waals surface area (Å²) in [5.41, 5.74) is 1.59. The van der Waals surface area contributed by atoms with Crippen LogP contribution in [0.1, 0.15) is 65.3 Å². The van der Waals surface area contributed by atoms with Gasteiger partial charge >= 0.3 is 0 Å². The summed E-state index contributed by atoms with van der Waals surface area (Å²) in [6.07, 6.45) is 1.30. The maximum atomic E-state index is 14.2. The van der Waals surface area contributed by atoms with Crippen molar-refractivity contribution in [3.05, 3.63) is 64.5 Å². The lowest BCUT2D eigenvalue weighted by atomic mass is 9.68. The molecule has 8 heteroatoms. The van der Waals surface area contributed by atoms with E-state index in [2.05, 4.69) is 16.4 Å². The van der Waals surface area contributed by atoms with E-state index in [1.807, 2.05) is 0 Å². The molecule has 1 heterocycles. The maximum absolute atomic E-state index is 14.2. The molecule has 0 bridgehead atoms. The summed E-state index contributed by atoms with van der Waals surface area (Å²) in [4.78, 5) is 17.0. The van der Waals surface area contributed by atoms with E-state index in [9.17, 15) is 23.2 Å². The van der Waals surface area contributed by atoms with Crippen LogP contribution in [0.5, 0.6) is 0 Å². The number of halogens is 4. The molecule has 1 aromatic heterocycles. The fourth-order valence-electron chi connectivity index (χ4n) is 3.98. The second-order valence-corrected chi connectivity index (χ2v) is 10.3.